The first kappa shape index (κ1) is 15.4. The van der Waals surface area contributed by atoms with E-state index >= 15 is 0 Å². The number of nitrogens with one attached hydrogen (secondary N) is 1. The fourth-order valence-corrected chi connectivity index (χ4v) is 4.95. The highest BCUT2D eigenvalue weighted by Gasteiger charge is 2.37. The highest BCUT2D eigenvalue weighted by atomic mass is 35.5. The number of thiophene rings is 1. The number of hydrogen-bond acceptors (Lipinski definition) is 3. The summed E-state index contributed by atoms with van der Waals surface area (Å²) in [5, 5.41) is 5.11. The van der Waals surface area contributed by atoms with E-state index in [1.807, 2.05) is 13.8 Å². The Kier molecular flexibility index (Phi) is 3.47. The van der Waals surface area contributed by atoms with E-state index in [4.69, 9.17) is 11.6 Å². The molecule has 0 atom stereocenters. The molecule has 2 aliphatic rings. The third-order valence-electron chi connectivity index (χ3n) is 5.28. The van der Waals surface area contributed by atoms with Gasteiger partial charge in [0.25, 0.3) is 5.91 Å². The Morgan fingerprint density at radius 1 is 1.35 bits per heavy atom. The molecule has 5 heteroatoms. The van der Waals surface area contributed by atoms with E-state index in [0.29, 0.717) is 5.92 Å². The lowest BCUT2D eigenvalue weighted by Crippen LogP contribution is -2.50. The molecule has 0 saturated heterocycles. The van der Waals surface area contributed by atoms with Crippen molar-refractivity contribution >= 4 is 39.1 Å². The number of aryl methyl sites for hydroxylation is 2. The van der Waals surface area contributed by atoms with Crippen LogP contribution in [0.15, 0.2) is 0 Å². The van der Waals surface area contributed by atoms with Gasteiger partial charge in [-0.1, -0.05) is 11.6 Å². The molecular weight excluding hydrogens is 328 g/mol. The van der Waals surface area contributed by atoms with Crippen LogP contribution in [0.4, 0.5) is 0 Å². The smallest absolute Gasteiger partial charge is 0.262 e. The van der Waals surface area contributed by atoms with Gasteiger partial charge in [-0.15, -0.1) is 11.3 Å². The Labute approximate surface area is 145 Å². The number of carbonyl (C=O) groups is 1. The van der Waals surface area contributed by atoms with Gasteiger partial charge in [-0.3, -0.25) is 4.79 Å². The number of carbonyl (C=O) groups excluding carboxylic acids is 1. The summed E-state index contributed by atoms with van der Waals surface area (Å²) in [4.78, 5) is 19.4. The van der Waals surface area contributed by atoms with Crippen LogP contribution in [0.2, 0.25) is 5.02 Å². The van der Waals surface area contributed by atoms with Gasteiger partial charge in [0.15, 0.2) is 0 Å². The highest BCUT2D eigenvalue weighted by Crippen LogP contribution is 2.49. The number of pyridine rings is 1. The molecule has 2 fully saturated rings. The maximum atomic E-state index is 12.9. The van der Waals surface area contributed by atoms with Crippen molar-refractivity contribution in [3.05, 3.63) is 26.7 Å². The number of aromatic nitrogens is 1. The second kappa shape index (κ2) is 5.18. The topological polar surface area (TPSA) is 42.0 Å². The predicted octanol–water partition coefficient (Wildman–Crippen LogP) is 5.12. The number of nitrogens with zero attached hydrogens (tertiary/aromatic N) is 1. The first-order valence-electron chi connectivity index (χ1n) is 8.31. The molecule has 0 unspecified atom stereocenters. The quantitative estimate of drug-likeness (QED) is 0.836. The monoisotopic (exact) mass is 348 g/mol. The number of halogens is 1. The van der Waals surface area contributed by atoms with Gasteiger partial charge in [0.2, 0.25) is 0 Å². The molecule has 2 aliphatic carbocycles. The maximum absolute atomic E-state index is 12.9. The average Bonchev–Trinajstić information content (AvgIpc) is 3.24. The van der Waals surface area contributed by atoms with Crippen molar-refractivity contribution in [3.8, 4) is 0 Å². The Bertz CT molecular complexity index is 818. The molecule has 0 aromatic carbocycles. The van der Waals surface area contributed by atoms with Gasteiger partial charge < -0.3 is 5.32 Å². The zero-order valence-corrected chi connectivity index (χ0v) is 15.3. The molecule has 4 rings (SSSR count). The van der Waals surface area contributed by atoms with Gasteiger partial charge in [-0.05, 0) is 69.9 Å². The van der Waals surface area contributed by atoms with Gasteiger partial charge in [0.1, 0.15) is 4.83 Å². The van der Waals surface area contributed by atoms with Crippen LogP contribution >= 0.6 is 22.9 Å². The van der Waals surface area contributed by atoms with Gasteiger partial charge in [0.05, 0.1) is 15.6 Å². The molecule has 1 amide bonds. The molecule has 0 aliphatic heterocycles. The van der Waals surface area contributed by atoms with Crippen LogP contribution in [-0.4, -0.2) is 16.4 Å². The summed E-state index contributed by atoms with van der Waals surface area (Å²) in [6.45, 7) is 6.12. The number of hydrogen-bond donors (Lipinski definition) is 1. The van der Waals surface area contributed by atoms with Crippen molar-refractivity contribution < 1.29 is 4.79 Å². The van der Waals surface area contributed by atoms with E-state index in [9.17, 15) is 4.79 Å². The fourth-order valence-electron chi connectivity index (χ4n) is 3.55. The Hall–Kier alpha value is -1.13. The normalized spacial score (nSPS) is 19.7. The Morgan fingerprint density at radius 2 is 2.04 bits per heavy atom. The van der Waals surface area contributed by atoms with Crippen LogP contribution in [0, 0.1) is 13.8 Å². The summed E-state index contributed by atoms with van der Waals surface area (Å²) < 4.78 is 0. The lowest BCUT2D eigenvalue weighted by molar-refractivity contribution is 0.0854. The van der Waals surface area contributed by atoms with E-state index in [-0.39, 0.29) is 11.4 Å². The molecule has 2 saturated carbocycles. The third-order valence-corrected chi connectivity index (χ3v) is 6.94. The summed E-state index contributed by atoms with van der Waals surface area (Å²) in [6.07, 6.45) is 5.67. The van der Waals surface area contributed by atoms with Gasteiger partial charge in [0, 0.05) is 10.9 Å². The highest BCUT2D eigenvalue weighted by molar-refractivity contribution is 7.20. The van der Waals surface area contributed by atoms with Gasteiger partial charge in [-0.2, -0.15) is 0 Å². The molecule has 2 aromatic rings. The van der Waals surface area contributed by atoms with Crippen LogP contribution in [0.1, 0.15) is 71.4 Å². The van der Waals surface area contributed by atoms with Crippen LogP contribution in [0.25, 0.3) is 10.2 Å². The molecule has 0 bridgehead atoms. The lowest BCUT2D eigenvalue weighted by Gasteiger charge is -2.39. The maximum Gasteiger partial charge on any atom is 0.262 e. The predicted molar refractivity (Wildman–Crippen MR) is 95.8 cm³/mol. The molecule has 0 spiro atoms. The fraction of sp³-hybridized carbons (Fsp3) is 0.556. The van der Waals surface area contributed by atoms with Crippen LogP contribution in [0.3, 0.4) is 0 Å². The first-order chi connectivity index (χ1) is 10.9. The zero-order valence-electron chi connectivity index (χ0n) is 13.8. The summed E-state index contributed by atoms with van der Waals surface area (Å²) in [6, 6.07) is 0. The van der Waals surface area contributed by atoms with Crippen molar-refractivity contribution in [2.24, 2.45) is 0 Å². The van der Waals surface area contributed by atoms with Gasteiger partial charge in [-0.25, -0.2) is 4.98 Å². The molecule has 1 N–H and O–H groups in total. The Morgan fingerprint density at radius 3 is 2.61 bits per heavy atom. The summed E-state index contributed by atoms with van der Waals surface area (Å²) in [5.41, 5.74) is 3.08. The van der Waals surface area contributed by atoms with E-state index in [1.165, 1.54) is 23.3 Å². The standard InChI is InChI=1S/C18H21ClN2OS/c1-9-12-13(11-5-6-11)15(16(22)21-18(3)7-4-8-18)23-17(12)20-10(2)14(9)19/h11H,4-8H2,1-3H3,(H,21,22). The zero-order chi connectivity index (χ0) is 16.4. The molecule has 2 heterocycles. The van der Waals surface area contributed by atoms with Crippen molar-refractivity contribution in [1.82, 2.24) is 10.3 Å². The van der Waals surface area contributed by atoms with E-state index < -0.39 is 0 Å². The second-order valence-corrected chi connectivity index (χ2v) is 8.68. The largest absolute Gasteiger partial charge is 0.346 e. The average molecular weight is 349 g/mol. The summed E-state index contributed by atoms with van der Waals surface area (Å²) in [7, 11) is 0. The molecule has 2 aromatic heterocycles. The van der Waals surface area contributed by atoms with E-state index in [0.717, 1.165) is 57.1 Å². The van der Waals surface area contributed by atoms with Crippen molar-refractivity contribution in [2.75, 3.05) is 0 Å². The van der Waals surface area contributed by atoms with Crippen LogP contribution < -0.4 is 5.32 Å². The van der Waals surface area contributed by atoms with Crippen molar-refractivity contribution in [1.29, 1.82) is 0 Å². The lowest BCUT2D eigenvalue weighted by atomic mass is 9.78. The summed E-state index contributed by atoms with van der Waals surface area (Å²) in [5.74, 6) is 0.572. The van der Waals surface area contributed by atoms with E-state index in [2.05, 4.69) is 17.2 Å². The number of fused-ring (bicyclic) bond motifs is 1. The molecular formula is C18H21ClN2OS. The number of rotatable bonds is 3. The van der Waals surface area contributed by atoms with Crippen LogP contribution in [-0.2, 0) is 0 Å². The summed E-state index contributed by atoms with van der Waals surface area (Å²) >= 11 is 7.95. The molecule has 0 radical (unpaired) electrons. The Balaban J connectivity index is 1.84. The minimum absolute atomic E-state index is 0.0237. The number of amides is 1. The van der Waals surface area contributed by atoms with Crippen LogP contribution in [0.5, 0.6) is 0 Å². The molecule has 122 valence electrons. The molecule has 23 heavy (non-hydrogen) atoms. The minimum Gasteiger partial charge on any atom is -0.346 e. The van der Waals surface area contributed by atoms with Crippen molar-refractivity contribution in [2.45, 2.75) is 64.3 Å². The molecule has 3 nitrogen and oxygen atoms in total. The third kappa shape index (κ3) is 2.47. The second-order valence-electron chi connectivity index (χ2n) is 7.30. The first-order valence-corrected chi connectivity index (χ1v) is 9.51. The minimum atomic E-state index is -0.0237. The van der Waals surface area contributed by atoms with E-state index in [1.54, 1.807) is 0 Å². The van der Waals surface area contributed by atoms with Gasteiger partial charge >= 0.3 is 0 Å². The van der Waals surface area contributed by atoms with Crippen molar-refractivity contribution in [3.63, 3.8) is 0 Å². The SMILES string of the molecule is Cc1nc2sc(C(=O)NC3(C)CCC3)c(C3CC3)c2c(C)c1Cl.